The Kier molecular flexibility index (Phi) is 6.44. The Morgan fingerprint density at radius 2 is 1.88 bits per heavy atom. The molecular formula is C19H22F2N2O. The molecule has 0 aliphatic heterocycles. The normalized spacial score (nSPS) is 13.3. The van der Waals surface area contributed by atoms with Crippen LogP contribution in [0.2, 0.25) is 0 Å². The van der Waals surface area contributed by atoms with Gasteiger partial charge in [-0.1, -0.05) is 49.7 Å². The van der Waals surface area contributed by atoms with E-state index in [4.69, 9.17) is 5.73 Å². The average Bonchev–Trinajstić information content (AvgIpc) is 2.58. The van der Waals surface area contributed by atoms with E-state index in [0.29, 0.717) is 0 Å². The molecule has 128 valence electrons. The van der Waals surface area contributed by atoms with Crippen LogP contribution < -0.4 is 11.1 Å². The first-order valence-corrected chi connectivity index (χ1v) is 8.06. The lowest BCUT2D eigenvalue weighted by atomic mass is 9.93. The number of amides is 1. The summed E-state index contributed by atoms with van der Waals surface area (Å²) in [6, 6.07) is 12.0. The molecule has 3 nitrogen and oxygen atoms in total. The van der Waals surface area contributed by atoms with Crippen molar-refractivity contribution >= 4 is 5.91 Å². The number of nitrogens with one attached hydrogen (secondary N) is 1. The second-order valence-electron chi connectivity index (χ2n) is 5.77. The molecule has 0 radical (unpaired) electrons. The van der Waals surface area contributed by atoms with Gasteiger partial charge < -0.3 is 11.1 Å². The molecule has 0 bridgehead atoms. The maximum atomic E-state index is 13.7. The van der Waals surface area contributed by atoms with Gasteiger partial charge in [-0.3, -0.25) is 4.79 Å². The van der Waals surface area contributed by atoms with Crippen molar-refractivity contribution in [2.24, 2.45) is 5.73 Å². The van der Waals surface area contributed by atoms with E-state index in [-0.39, 0.29) is 23.9 Å². The molecule has 24 heavy (non-hydrogen) atoms. The molecule has 2 atom stereocenters. The fraction of sp³-hybridized carbons (Fsp3) is 0.316. The molecule has 2 rings (SSSR count). The number of halogens is 2. The third kappa shape index (κ3) is 4.61. The smallest absolute Gasteiger partial charge is 0.227 e. The molecule has 0 fully saturated rings. The quantitative estimate of drug-likeness (QED) is 0.813. The lowest BCUT2D eigenvalue weighted by Gasteiger charge is -2.19. The molecule has 0 spiro atoms. The highest BCUT2D eigenvalue weighted by Crippen LogP contribution is 2.22. The average molecular weight is 332 g/mol. The Morgan fingerprint density at radius 3 is 2.50 bits per heavy atom. The molecule has 1 amide bonds. The largest absolute Gasteiger partial charge is 0.354 e. The Balaban J connectivity index is 2.02. The van der Waals surface area contributed by atoms with Gasteiger partial charge in [0.15, 0.2) is 0 Å². The van der Waals surface area contributed by atoms with Gasteiger partial charge in [0.2, 0.25) is 5.91 Å². The van der Waals surface area contributed by atoms with Crippen LogP contribution in [0.25, 0.3) is 0 Å². The van der Waals surface area contributed by atoms with Crippen molar-refractivity contribution in [3.63, 3.8) is 0 Å². The molecule has 0 saturated heterocycles. The first-order valence-electron chi connectivity index (χ1n) is 8.06. The SMILES string of the molecule is CCC[C@H](C(=O)NC[C@H](N)c1ccc(F)cc1F)c1ccccc1. The number of hydrogen-bond acceptors (Lipinski definition) is 2. The lowest BCUT2D eigenvalue weighted by Crippen LogP contribution is -2.35. The van der Waals surface area contributed by atoms with E-state index in [1.807, 2.05) is 37.3 Å². The van der Waals surface area contributed by atoms with Gasteiger partial charge in [0.1, 0.15) is 11.6 Å². The molecule has 0 aliphatic rings. The maximum Gasteiger partial charge on any atom is 0.227 e. The molecule has 0 aliphatic carbocycles. The van der Waals surface area contributed by atoms with Crippen LogP contribution in [0, 0.1) is 11.6 Å². The summed E-state index contributed by atoms with van der Waals surface area (Å²) in [4.78, 5) is 12.5. The van der Waals surface area contributed by atoms with Crippen molar-refractivity contribution in [2.75, 3.05) is 6.54 Å². The van der Waals surface area contributed by atoms with Crippen LogP contribution in [0.5, 0.6) is 0 Å². The lowest BCUT2D eigenvalue weighted by molar-refractivity contribution is -0.122. The summed E-state index contributed by atoms with van der Waals surface area (Å²) in [5.41, 5.74) is 7.06. The minimum absolute atomic E-state index is 0.0917. The van der Waals surface area contributed by atoms with Crippen LogP contribution in [-0.2, 0) is 4.79 Å². The first kappa shape index (κ1) is 18.1. The zero-order valence-electron chi connectivity index (χ0n) is 13.6. The van der Waals surface area contributed by atoms with Crippen molar-refractivity contribution in [3.05, 3.63) is 71.3 Å². The summed E-state index contributed by atoms with van der Waals surface area (Å²) in [6.45, 7) is 2.11. The number of carbonyl (C=O) groups is 1. The number of hydrogen-bond donors (Lipinski definition) is 2. The van der Waals surface area contributed by atoms with Crippen LogP contribution in [0.1, 0.15) is 42.9 Å². The summed E-state index contributed by atoms with van der Waals surface area (Å²) in [5.74, 6) is -1.76. The van der Waals surface area contributed by atoms with Crippen LogP contribution >= 0.6 is 0 Å². The Morgan fingerprint density at radius 1 is 1.17 bits per heavy atom. The van der Waals surface area contributed by atoms with Crippen molar-refractivity contribution in [1.29, 1.82) is 0 Å². The van der Waals surface area contributed by atoms with Gasteiger partial charge in [-0.25, -0.2) is 8.78 Å². The van der Waals surface area contributed by atoms with Gasteiger partial charge in [-0.2, -0.15) is 0 Å². The third-order valence-corrected chi connectivity index (χ3v) is 3.95. The van der Waals surface area contributed by atoms with Crippen molar-refractivity contribution in [1.82, 2.24) is 5.32 Å². The van der Waals surface area contributed by atoms with Crippen LogP contribution in [0.4, 0.5) is 8.78 Å². The van der Waals surface area contributed by atoms with Gasteiger partial charge in [0, 0.05) is 18.2 Å². The molecule has 0 aromatic heterocycles. The zero-order chi connectivity index (χ0) is 17.5. The summed E-state index contributed by atoms with van der Waals surface area (Å²) in [5, 5.41) is 2.78. The van der Waals surface area contributed by atoms with Crippen LogP contribution in [-0.4, -0.2) is 12.5 Å². The predicted molar refractivity (Wildman–Crippen MR) is 90.4 cm³/mol. The third-order valence-electron chi connectivity index (χ3n) is 3.95. The van der Waals surface area contributed by atoms with E-state index in [2.05, 4.69) is 5.32 Å². The second-order valence-corrected chi connectivity index (χ2v) is 5.77. The number of benzene rings is 2. The van der Waals surface area contributed by atoms with E-state index in [1.54, 1.807) is 0 Å². The summed E-state index contributed by atoms with van der Waals surface area (Å²) in [6.07, 6.45) is 1.58. The molecule has 0 unspecified atom stereocenters. The Hall–Kier alpha value is -2.27. The maximum absolute atomic E-state index is 13.7. The summed E-state index contributed by atoms with van der Waals surface area (Å²) < 4.78 is 26.7. The van der Waals surface area contributed by atoms with Crippen molar-refractivity contribution in [2.45, 2.75) is 31.7 Å². The van der Waals surface area contributed by atoms with E-state index in [0.717, 1.165) is 30.5 Å². The molecule has 0 saturated carbocycles. The topological polar surface area (TPSA) is 55.1 Å². The van der Waals surface area contributed by atoms with Gasteiger partial charge in [0.05, 0.1) is 12.0 Å². The van der Waals surface area contributed by atoms with Gasteiger partial charge in [-0.05, 0) is 18.1 Å². The Labute approximate surface area is 140 Å². The fourth-order valence-corrected chi connectivity index (χ4v) is 2.67. The molecule has 2 aromatic carbocycles. The standard InChI is InChI=1S/C19H22F2N2O/c1-2-6-15(13-7-4-3-5-8-13)19(24)23-12-18(22)16-10-9-14(20)11-17(16)21/h3-5,7-11,15,18H,2,6,12,22H2,1H3,(H,23,24)/t15-,18-/m0/s1. The second kappa shape index (κ2) is 8.55. The highest BCUT2D eigenvalue weighted by Gasteiger charge is 2.21. The zero-order valence-corrected chi connectivity index (χ0v) is 13.6. The van der Waals surface area contributed by atoms with Crippen molar-refractivity contribution < 1.29 is 13.6 Å². The molecular weight excluding hydrogens is 310 g/mol. The molecule has 3 N–H and O–H groups in total. The van der Waals surface area contributed by atoms with Crippen LogP contribution in [0.15, 0.2) is 48.5 Å². The van der Waals surface area contributed by atoms with Crippen molar-refractivity contribution in [3.8, 4) is 0 Å². The predicted octanol–water partition coefficient (Wildman–Crippen LogP) is 3.66. The monoisotopic (exact) mass is 332 g/mol. The fourth-order valence-electron chi connectivity index (χ4n) is 2.67. The number of rotatable bonds is 7. The summed E-state index contributed by atoms with van der Waals surface area (Å²) in [7, 11) is 0. The minimum atomic E-state index is -0.729. The molecule has 5 heteroatoms. The number of nitrogens with two attached hydrogens (primary N) is 1. The highest BCUT2D eigenvalue weighted by atomic mass is 19.1. The first-order chi connectivity index (χ1) is 11.5. The van der Waals surface area contributed by atoms with E-state index < -0.39 is 17.7 Å². The van der Waals surface area contributed by atoms with Crippen LogP contribution in [0.3, 0.4) is 0 Å². The van der Waals surface area contributed by atoms with Gasteiger partial charge in [0.25, 0.3) is 0 Å². The molecule has 0 heterocycles. The number of carbonyl (C=O) groups excluding carboxylic acids is 1. The van der Waals surface area contributed by atoms with E-state index in [1.165, 1.54) is 6.07 Å². The molecule has 2 aromatic rings. The summed E-state index contributed by atoms with van der Waals surface area (Å²) >= 11 is 0. The van der Waals surface area contributed by atoms with Gasteiger partial charge in [-0.15, -0.1) is 0 Å². The van der Waals surface area contributed by atoms with E-state index in [9.17, 15) is 13.6 Å². The van der Waals surface area contributed by atoms with Gasteiger partial charge >= 0.3 is 0 Å². The minimum Gasteiger partial charge on any atom is -0.354 e. The Bertz CT molecular complexity index is 676. The highest BCUT2D eigenvalue weighted by molar-refractivity contribution is 5.83. The van der Waals surface area contributed by atoms with E-state index >= 15 is 0 Å².